The van der Waals surface area contributed by atoms with Crippen molar-refractivity contribution in [3.8, 4) is 0 Å². The third-order valence-corrected chi connectivity index (χ3v) is 2.78. The summed E-state index contributed by atoms with van der Waals surface area (Å²) in [5.74, 6) is 0. The van der Waals surface area contributed by atoms with Gasteiger partial charge in [0.15, 0.2) is 0 Å². The third kappa shape index (κ3) is 2.61. The molecule has 2 rings (SSSR count). The van der Waals surface area contributed by atoms with E-state index >= 15 is 0 Å². The predicted octanol–water partition coefficient (Wildman–Crippen LogP) is -1.11. The second-order valence-corrected chi connectivity index (χ2v) is 4.32. The minimum atomic E-state index is -4.11. The molecule has 0 radical (unpaired) electrons. The molecule has 0 atom stereocenters. The molecule has 2 aromatic carbocycles. The maximum absolute atomic E-state index is 10.8. The molecule has 0 bridgehead atoms. The Morgan fingerprint density at radius 1 is 1.20 bits per heavy atom. The van der Waals surface area contributed by atoms with Crippen LogP contribution in [0.4, 0.5) is 0 Å². The monoisotopic (exact) mass is 214 g/mol. The van der Waals surface area contributed by atoms with Crippen molar-refractivity contribution in [2.45, 2.75) is 4.90 Å². The average molecular weight is 214 g/mol. The van der Waals surface area contributed by atoms with Gasteiger partial charge in [0.25, 0.3) is 10.1 Å². The van der Waals surface area contributed by atoms with Gasteiger partial charge in [0, 0.05) is 0 Å². The fourth-order valence-electron chi connectivity index (χ4n) is 1.26. The van der Waals surface area contributed by atoms with Gasteiger partial charge < -0.3 is 0 Å². The van der Waals surface area contributed by atoms with E-state index in [1.807, 2.05) is 12.1 Å². The quantitative estimate of drug-likeness (QED) is 0.372. The number of hydrogen-bond donors (Lipinski definition) is 1. The SMILES string of the molecule is O=S(=O)(O)c1ccc2ccc[c-]c2c1.[Li+]. The van der Waals surface area contributed by atoms with Crippen molar-refractivity contribution in [3.63, 3.8) is 0 Å². The van der Waals surface area contributed by atoms with Gasteiger partial charge in [-0.05, 0) is 0 Å². The molecule has 0 fully saturated rings. The zero-order chi connectivity index (χ0) is 10.2. The summed E-state index contributed by atoms with van der Waals surface area (Å²) in [4.78, 5) is -0.104. The molecule has 0 heterocycles. The van der Waals surface area contributed by atoms with Crippen LogP contribution in [0.5, 0.6) is 0 Å². The molecule has 0 aliphatic carbocycles. The summed E-state index contributed by atoms with van der Waals surface area (Å²) in [6.45, 7) is 0. The molecular formula is C10H7LiO3S. The summed E-state index contributed by atoms with van der Waals surface area (Å²) in [7, 11) is -4.11. The standard InChI is InChI=1S/C10H7O3S.Li/c11-14(12,13)10-6-5-8-3-1-2-4-9(8)7-10;/h1-3,5-7H,(H,11,12,13);/q-1;+1. The van der Waals surface area contributed by atoms with Crippen molar-refractivity contribution in [1.29, 1.82) is 0 Å². The van der Waals surface area contributed by atoms with Crippen molar-refractivity contribution in [2.24, 2.45) is 0 Å². The molecule has 2 aromatic rings. The summed E-state index contributed by atoms with van der Waals surface area (Å²) in [5, 5.41) is 1.56. The molecule has 1 N–H and O–H groups in total. The largest absolute Gasteiger partial charge is 1.00 e. The van der Waals surface area contributed by atoms with Crippen LogP contribution in [0.2, 0.25) is 0 Å². The first-order valence-corrected chi connectivity index (χ1v) is 5.39. The Labute approximate surface area is 100 Å². The fourth-order valence-corrected chi connectivity index (χ4v) is 1.76. The van der Waals surface area contributed by atoms with Gasteiger partial charge in [-0.25, -0.2) is 0 Å². The number of benzene rings is 2. The second-order valence-electron chi connectivity index (χ2n) is 2.89. The normalized spacial score (nSPS) is 11.0. The van der Waals surface area contributed by atoms with E-state index in [1.54, 1.807) is 12.1 Å². The van der Waals surface area contributed by atoms with E-state index < -0.39 is 10.1 Å². The minimum Gasteiger partial charge on any atom is -0.282 e. The Morgan fingerprint density at radius 2 is 1.93 bits per heavy atom. The van der Waals surface area contributed by atoms with E-state index in [2.05, 4.69) is 6.07 Å². The molecule has 72 valence electrons. The predicted molar refractivity (Wildman–Crippen MR) is 52.6 cm³/mol. The average Bonchev–Trinajstić information content (AvgIpc) is 2.16. The molecule has 0 aromatic heterocycles. The molecule has 15 heavy (non-hydrogen) atoms. The van der Waals surface area contributed by atoms with Gasteiger partial charge >= 0.3 is 18.9 Å². The first-order valence-electron chi connectivity index (χ1n) is 3.95. The molecule has 0 aliphatic rings. The minimum absolute atomic E-state index is 0. The molecule has 0 amide bonds. The van der Waals surface area contributed by atoms with Crippen molar-refractivity contribution in [2.75, 3.05) is 0 Å². The zero-order valence-electron chi connectivity index (χ0n) is 8.14. The maximum atomic E-state index is 10.8. The van der Waals surface area contributed by atoms with E-state index in [9.17, 15) is 8.42 Å². The van der Waals surface area contributed by atoms with Crippen LogP contribution in [0, 0.1) is 6.07 Å². The second kappa shape index (κ2) is 4.38. The van der Waals surface area contributed by atoms with Crippen LogP contribution in [0.1, 0.15) is 0 Å². The zero-order valence-corrected chi connectivity index (χ0v) is 8.95. The van der Waals surface area contributed by atoms with Gasteiger partial charge in [0.1, 0.15) is 0 Å². The van der Waals surface area contributed by atoms with E-state index in [-0.39, 0.29) is 23.8 Å². The van der Waals surface area contributed by atoms with Crippen LogP contribution in [0.15, 0.2) is 41.3 Å². The Kier molecular flexibility index (Phi) is 3.58. The molecular weight excluding hydrogens is 207 g/mol. The van der Waals surface area contributed by atoms with Gasteiger partial charge in [0.2, 0.25) is 0 Å². The summed E-state index contributed by atoms with van der Waals surface area (Å²) in [6, 6.07) is 12.6. The van der Waals surface area contributed by atoms with Crippen molar-refractivity contribution in [3.05, 3.63) is 42.5 Å². The first kappa shape index (κ1) is 12.3. The smallest absolute Gasteiger partial charge is 0.282 e. The van der Waals surface area contributed by atoms with Crippen LogP contribution < -0.4 is 18.9 Å². The van der Waals surface area contributed by atoms with E-state index in [4.69, 9.17) is 4.55 Å². The number of rotatable bonds is 1. The Bertz CT molecular complexity index is 578. The molecule has 0 saturated carbocycles. The van der Waals surface area contributed by atoms with E-state index in [1.165, 1.54) is 12.1 Å². The van der Waals surface area contributed by atoms with Gasteiger partial charge in [-0.3, -0.25) is 4.55 Å². The molecule has 0 unspecified atom stereocenters. The summed E-state index contributed by atoms with van der Waals surface area (Å²) in [6.07, 6.45) is 0. The summed E-state index contributed by atoms with van der Waals surface area (Å²) in [5.41, 5.74) is 0. The molecule has 5 heteroatoms. The third-order valence-electron chi connectivity index (χ3n) is 1.93. The number of fused-ring (bicyclic) bond motifs is 1. The van der Waals surface area contributed by atoms with Gasteiger partial charge in [-0.2, -0.15) is 8.42 Å². The van der Waals surface area contributed by atoms with Crippen LogP contribution in [-0.2, 0) is 10.1 Å². The van der Waals surface area contributed by atoms with Gasteiger partial charge in [-0.1, -0.05) is 12.1 Å². The Morgan fingerprint density at radius 3 is 2.60 bits per heavy atom. The number of hydrogen-bond acceptors (Lipinski definition) is 2. The van der Waals surface area contributed by atoms with Crippen molar-refractivity contribution < 1.29 is 31.8 Å². The first-order chi connectivity index (χ1) is 6.57. The summed E-state index contributed by atoms with van der Waals surface area (Å²) < 4.78 is 30.4. The molecule has 0 spiro atoms. The van der Waals surface area contributed by atoms with Crippen LogP contribution in [0.25, 0.3) is 10.8 Å². The molecule has 0 saturated heterocycles. The van der Waals surface area contributed by atoms with Crippen LogP contribution in [-0.4, -0.2) is 13.0 Å². The van der Waals surface area contributed by atoms with Gasteiger partial charge in [0.05, 0.1) is 4.90 Å². The van der Waals surface area contributed by atoms with E-state index in [0.29, 0.717) is 5.39 Å². The summed E-state index contributed by atoms with van der Waals surface area (Å²) >= 11 is 0. The van der Waals surface area contributed by atoms with Crippen LogP contribution in [0.3, 0.4) is 0 Å². The molecule has 3 nitrogen and oxygen atoms in total. The van der Waals surface area contributed by atoms with Crippen LogP contribution >= 0.6 is 0 Å². The Hall–Kier alpha value is -0.793. The maximum Gasteiger partial charge on any atom is 1.00 e. The van der Waals surface area contributed by atoms with Crippen molar-refractivity contribution in [1.82, 2.24) is 0 Å². The Balaban J connectivity index is 0.00000112. The van der Waals surface area contributed by atoms with Gasteiger partial charge in [-0.15, -0.1) is 41.1 Å². The fraction of sp³-hybridized carbons (Fsp3) is 0. The molecule has 0 aliphatic heterocycles. The topological polar surface area (TPSA) is 54.4 Å². The van der Waals surface area contributed by atoms with Crippen molar-refractivity contribution >= 4 is 20.9 Å². The van der Waals surface area contributed by atoms with E-state index in [0.717, 1.165) is 5.39 Å².